The molecule has 4 aromatic rings. The number of hydrogen-bond donors (Lipinski definition) is 1. The van der Waals surface area contributed by atoms with Crippen LogP contribution in [0.2, 0.25) is 0 Å². The van der Waals surface area contributed by atoms with Gasteiger partial charge in [-0.25, -0.2) is 19.3 Å². The van der Waals surface area contributed by atoms with E-state index in [9.17, 15) is 9.90 Å². The van der Waals surface area contributed by atoms with Gasteiger partial charge in [-0.15, -0.1) is 0 Å². The SMILES string of the molecule is O=C(O)c1ccc(-c2c(C#Cc3ccccn3)nc3c(N4CCOCC4)ccnn23)cc1. The molecule has 1 N–H and O–H groups in total. The standard InChI is InChI=1S/C24H19N5O3/c30-24(31)18-6-4-17(5-7-18)22-20(9-8-19-3-1-2-11-25-19)27-23-21(10-12-26-29(22)23)28-13-15-32-16-14-28/h1-7,10-12H,13-16H2,(H,30,31). The molecule has 8 heteroatoms. The van der Waals surface area contributed by atoms with Gasteiger partial charge in [-0.05, 0) is 42.2 Å². The molecule has 3 aromatic heterocycles. The van der Waals surface area contributed by atoms with Crippen LogP contribution in [0.15, 0.2) is 60.9 Å². The van der Waals surface area contributed by atoms with Crippen molar-refractivity contribution in [2.75, 3.05) is 31.2 Å². The van der Waals surface area contributed by atoms with Crippen LogP contribution in [0.25, 0.3) is 16.9 Å². The molecule has 0 saturated carbocycles. The average Bonchev–Trinajstić information content (AvgIpc) is 3.22. The number of rotatable bonds is 3. The summed E-state index contributed by atoms with van der Waals surface area (Å²) in [5.74, 6) is 5.23. The third-order valence-electron chi connectivity index (χ3n) is 5.23. The Morgan fingerprint density at radius 2 is 1.81 bits per heavy atom. The van der Waals surface area contributed by atoms with E-state index in [1.165, 1.54) is 0 Å². The van der Waals surface area contributed by atoms with Crippen LogP contribution in [0.4, 0.5) is 5.69 Å². The van der Waals surface area contributed by atoms with E-state index in [1.54, 1.807) is 41.2 Å². The van der Waals surface area contributed by atoms with E-state index in [2.05, 4.69) is 26.8 Å². The van der Waals surface area contributed by atoms with Gasteiger partial charge in [-0.2, -0.15) is 5.10 Å². The minimum atomic E-state index is -0.974. The van der Waals surface area contributed by atoms with Crippen LogP contribution in [0, 0.1) is 11.8 Å². The second kappa shape index (κ2) is 8.49. The van der Waals surface area contributed by atoms with Crippen LogP contribution in [0.5, 0.6) is 0 Å². The van der Waals surface area contributed by atoms with Gasteiger partial charge in [-0.3, -0.25) is 0 Å². The summed E-state index contributed by atoms with van der Waals surface area (Å²) in [7, 11) is 0. The number of benzene rings is 1. The molecule has 4 heterocycles. The summed E-state index contributed by atoms with van der Waals surface area (Å²) in [4.78, 5) is 22.6. The number of carbonyl (C=O) groups is 1. The van der Waals surface area contributed by atoms with Gasteiger partial charge in [0.2, 0.25) is 0 Å². The summed E-state index contributed by atoms with van der Waals surface area (Å²) in [6.45, 7) is 2.85. The fourth-order valence-electron chi connectivity index (χ4n) is 3.66. The van der Waals surface area contributed by atoms with Crippen LogP contribution in [-0.4, -0.2) is 57.0 Å². The maximum atomic E-state index is 11.3. The zero-order valence-corrected chi connectivity index (χ0v) is 17.1. The van der Waals surface area contributed by atoms with Crippen molar-refractivity contribution < 1.29 is 14.6 Å². The number of imidazole rings is 1. The lowest BCUT2D eigenvalue weighted by Crippen LogP contribution is -2.36. The van der Waals surface area contributed by atoms with Gasteiger partial charge in [0, 0.05) is 24.8 Å². The molecule has 1 aromatic carbocycles. The molecule has 0 bridgehead atoms. The Morgan fingerprint density at radius 3 is 2.53 bits per heavy atom. The highest BCUT2D eigenvalue weighted by molar-refractivity contribution is 5.88. The van der Waals surface area contributed by atoms with Gasteiger partial charge in [0.25, 0.3) is 0 Å². The van der Waals surface area contributed by atoms with Gasteiger partial charge in [-0.1, -0.05) is 18.2 Å². The molecule has 1 fully saturated rings. The minimum absolute atomic E-state index is 0.214. The zero-order chi connectivity index (χ0) is 21.9. The number of aromatic nitrogens is 4. The molecule has 0 amide bonds. The Hall–Kier alpha value is -4.22. The molecular weight excluding hydrogens is 406 g/mol. The Labute approximate surface area is 184 Å². The first kappa shape index (κ1) is 19.7. The molecule has 0 unspecified atom stereocenters. The maximum Gasteiger partial charge on any atom is 0.335 e. The second-order valence-electron chi connectivity index (χ2n) is 7.21. The van der Waals surface area contributed by atoms with E-state index in [-0.39, 0.29) is 5.56 Å². The predicted octanol–water partition coefficient (Wildman–Crippen LogP) is 2.73. The number of carboxylic acid groups (broad SMARTS) is 1. The quantitative estimate of drug-likeness (QED) is 0.505. The largest absolute Gasteiger partial charge is 0.478 e. The van der Waals surface area contributed by atoms with E-state index in [0.29, 0.717) is 35.9 Å². The summed E-state index contributed by atoms with van der Waals surface area (Å²) in [6.07, 6.45) is 3.43. The maximum absolute atomic E-state index is 11.3. The zero-order valence-electron chi connectivity index (χ0n) is 17.1. The smallest absolute Gasteiger partial charge is 0.335 e. The topological polar surface area (TPSA) is 92.8 Å². The van der Waals surface area contributed by atoms with Gasteiger partial charge < -0.3 is 14.7 Å². The first-order chi connectivity index (χ1) is 15.7. The number of hydrogen-bond acceptors (Lipinski definition) is 6. The molecule has 0 aliphatic carbocycles. The van der Waals surface area contributed by atoms with E-state index >= 15 is 0 Å². The molecule has 1 saturated heterocycles. The highest BCUT2D eigenvalue weighted by atomic mass is 16.5. The summed E-state index contributed by atoms with van der Waals surface area (Å²) in [6, 6.07) is 14.1. The molecule has 1 aliphatic rings. The van der Waals surface area contributed by atoms with Crippen LogP contribution in [0.3, 0.4) is 0 Å². The lowest BCUT2D eigenvalue weighted by molar-refractivity contribution is 0.0697. The number of carboxylic acids is 1. The lowest BCUT2D eigenvalue weighted by Gasteiger charge is -2.28. The number of anilines is 1. The van der Waals surface area contributed by atoms with Crippen molar-refractivity contribution in [3.05, 3.63) is 77.9 Å². The van der Waals surface area contributed by atoms with E-state index in [1.807, 2.05) is 24.3 Å². The monoisotopic (exact) mass is 425 g/mol. The summed E-state index contributed by atoms with van der Waals surface area (Å²) < 4.78 is 7.25. The van der Waals surface area contributed by atoms with E-state index in [4.69, 9.17) is 9.72 Å². The fourth-order valence-corrected chi connectivity index (χ4v) is 3.66. The summed E-state index contributed by atoms with van der Waals surface area (Å²) in [5.41, 5.74) is 4.53. The minimum Gasteiger partial charge on any atom is -0.478 e. The number of morpholine rings is 1. The van der Waals surface area contributed by atoms with Crippen LogP contribution >= 0.6 is 0 Å². The molecule has 1 aliphatic heterocycles. The van der Waals surface area contributed by atoms with Crippen molar-refractivity contribution in [1.29, 1.82) is 0 Å². The number of fused-ring (bicyclic) bond motifs is 1. The molecule has 158 valence electrons. The Balaban J connectivity index is 1.68. The van der Waals surface area contributed by atoms with Crippen LogP contribution < -0.4 is 4.90 Å². The first-order valence-corrected chi connectivity index (χ1v) is 10.2. The molecule has 0 atom stereocenters. The predicted molar refractivity (Wildman–Crippen MR) is 119 cm³/mol. The van der Waals surface area contributed by atoms with Crippen molar-refractivity contribution >= 4 is 17.3 Å². The van der Waals surface area contributed by atoms with Crippen molar-refractivity contribution in [3.63, 3.8) is 0 Å². The van der Waals surface area contributed by atoms with Gasteiger partial charge in [0.15, 0.2) is 5.65 Å². The number of aromatic carboxylic acids is 1. The number of nitrogens with zero attached hydrogens (tertiary/aromatic N) is 5. The van der Waals surface area contributed by atoms with Crippen molar-refractivity contribution in [1.82, 2.24) is 19.6 Å². The van der Waals surface area contributed by atoms with Crippen LogP contribution in [0.1, 0.15) is 21.7 Å². The Morgan fingerprint density at radius 1 is 1.00 bits per heavy atom. The molecule has 0 radical (unpaired) electrons. The van der Waals surface area contributed by atoms with Gasteiger partial charge in [0.05, 0.1) is 30.7 Å². The highest BCUT2D eigenvalue weighted by Crippen LogP contribution is 2.29. The Kier molecular flexibility index (Phi) is 5.24. The second-order valence-corrected chi connectivity index (χ2v) is 7.21. The van der Waals surface area contributed by atoms with Crippen molar-refractivity contribution in [2.45, 2.75) is 0 Å². The van der Waals surface area contributed by atoms with Crippen LogP contribution in [-0.2, 0) is 4.74 Å². The average molecular weight is 425 g/mol. The molecule has 32 heavy (non-hydrogen) atoms. The Bertz CT molecular complexity index is 1330. The third-order valence-corrected chi connectivity index (χ3v) is 5.23. The molecule has 8 nitrogen and oxygen atoms in total. The highest BCUT2D eigenvalue weighted by Gasteiger charge is 2.21. The van der Waals surface area contributed by atoms with Gasteiger partial charge >= 0.3 is 5.97 Å². The number of pyridine rings is 1. The van der Waals surface area contributed by atoms with E-state index in [0.717, 1.165) is 24.3 Å². The fraction of sp³-hybridized carbons (Fsp3) is 0.167. The first-order valence-electron chi connectivity index (χ1n) is 10.2. The molecular formula is C24H19N5O3. The normalized spacial score (nSPS) is 13.6. The molecule has 5 rings (SSSR count). The summed E-state index contributed by atoms with van der Waals surface area (Å²) in [5, 5.41) is 13.8. The third kappa shape index (κ3) is 3.77. The molecule has 0 spiro atoms. The van der Waals surface area contributed by atoms with Crippen molar-refractivity contribution in [2.24, 2.45) is 0 Å². The van der Waals surface area contributed by atoms with E-state index < -0.39 is 5.97 Å². The lowest BCUT2D eigenvalue weighted by atomic mass is 10.1. The van der Waals surface area contributed by atoms with Gasteiger partial charge in [0.1, 0.15) is 17.1 Å². The summed E-state index contributed by atoms with van der Waals surface area (Å²) >= 11 is 0. The van der Waals surface area contributed by atoms with Crippen molar-refractivity contribution in [3.8, 4) is 23.1 Å². The number of ether oxygens (including phenoxy) is 1.